The second kappa shape index (κ2) is 31.9. The zero-order valence-electron chi connectivity index (χ0n) is 9.27. The van der Waals surface area contributed by atoms with E-state index in [1.54, 1.807) is 0 Å². The molecule has 0 atom stereocenters. The average molecular weight is 323 g/mol. The Morgan fingerprint density at radius 2 is 0.500 bits per heavy atom. The number of hydrogen-bond donors (Lipinski definition) is 9. The fourth-order valence-corrected chi connectivity index (χ4v) is 0. The monoisotopic (exact) mass is 324 g/mol. The zero-order chi connectivity index (χ0) is 14.3. The van der Waals surface area contributed by atoms with Crippen molar-refractivity contribution >= 4 is 67.0 Å². The first-order valence-electron chi connectivity index (χ1n) is 3.03. The van der Waals surface area contributed by atoms with Gasteiger partial charge in [-0.1, -0.05) is 0 Å². The van der Waals surface area contributed by atoms with Crippen LogP contribution in [0.2, 0.25) is 0 Å². The Kier molecular flexibility index (Phi) is 65.8. The fraction of sp³-hybridized carbons (Fsp3) is 0. The van der Waals surface area contributed by atoms with Gasteiger partial charge in [-0.15, -0.1) is 0 Å². The van der Waals surface area contributed by atoms with Gasteiger partial charge in [0.2, 0.25) is 0 Å². The van der Waals surface area contributed by atoms with E-state index in [1.165, 1.54) is 0 Å². The predicted molar refractivity (Wildman–Crippen MR) is 48.7 cm³/mol. The van der Waals surface area contributed by atoms with Crippen molar-refractivity contribution in [3.63, 3.8) is 0 Å². The van der Waals surface area contributed by atoms with Gasteiger partial charge < -0.3 is 60.3 Å². The van der Waals surface area contributed by atoms with Gasteiger partial charge in [-0.2, -0.15) is 0 Å². The van der Waals surface area contributed by atoms with E-state index in [0.717, 1.165) is 0 Å². The first-order chi connectivity index (χ1) is 6.93. The maximum atomic E-state index is 8.42. The topological polar surface area (TPSA) is 251 Å². The maximum absolute atomic E-state index is 8.42. The molecule has 0 saturated carbocycles. The van der Waals surface area contributed by atoms with E-state index < -0.39 is 29.3 Å². The maximum Gasteiger partial charge on any atom is 2.00 e. The summed E-state index contributed by atoms with van der Waals surface area (Å²) in [6.45, 7) is 0. The van der Waals surface area contributed by atoms with Gasteiger partial charge in [0.1, 0.15) is 0 Å². The smallest absolute Gasteiger partial charge is 0.907 e. The van der Waals surface area contributed by atoms with Crippen molar-refractivity contribution in [2.24, 2.45) is 0 Å². The molecule has 0 bridgehead atoms. The summed E-state index contributed by atoms with van der Waals surface area (Å²) in [5.41, 5.74) is 0. The number of hydrogen-bond acceptors (Lipinski definition) is 12. The fourth-order valence-electron chi connectivity index (χ4n) is 0. The molecule has 0 saturated heterocycles. The van der Waals surface area contributed by atoms with Gasteiger partial charge in [0, 0.05) is 0 Å². The van der Waals surface area contributed by atoms with Crippen LogP contribution in [0.1, 0.15) is 0 Å². The molecular weight excluding hydrogens is 314 g/mol. The molecular formula is H9B4CaKO12. The zero-order valence-corrected chi connectivity index (χ0v) is 14.6. The molecule has 0 aliphatic heterocycles. The molecule has 0 fully saturated rings. The molecule has 0 heterocycles. The average Bonchev–Trinajstić information content (AvgIpc) is 1.76. The van der Waals surface area contributed by atoms with Crippen molar-refractivity contribution in [1.82, 2.24) is 0 Å². The minimum Gasteiger partial charge on any atom is -0.907 e. The minimum atomic E-state index is -2.92. The molecule has 0 amide bonds. The van der Waals surface area contributed by atoms with Gasteiger partial charge in [0.15, 0.2) is 0 Å². The van der Waals surface area contributed by atoms with Crippen molar-refractivity contribution in [3.8, 4) is 0 Å². The second-order valence-corrected chi connectivity index (χ2v) is 1.33. The molecule has 18 heteroatoms. The third-order valence-corrected chi connectivity index (χ3v) is 0. The molecule has 9 N–H and O–H groups in total. The molecule has 18 heavy (non-hydrogen) atoms. The second-order valence-electron chi connectivity index (χ2n) is 1.33. The summed E-state index contributed by atoms with van der Waals surface area (Å²) in [7, 11) is -9.42. The Labute approximate surface area is 176 Å². The van der Waals surface area contributed by atoms with Crippen LogP contribution in [-0.2, 0) is 0 Å². The van der Waals surface area contributed by atoms with Crippen molar-refractivity contribution in [2.45, 2.75) is 0 Å². The summed E-state index contributed by atoms with van der Waals surface area (Å²) in [6.07, 6.45) is 0. The summed E-state index contributed by atoms with van der Waals surface area (Å²) in [5, 5.41) is 89.8. The molecule has 0 rings (SSSR count). The Hall–Kier alpha value is 2.68. The van der Waals surface area contributed by atoms with Crippen LogP contribution in [0, 0.1) is 0 Å². The first kappa shape index (κ1) is 37.2. The molecule has 96 valence electrons. The van der Waals surface area contributed by atoms with E-state index in [9.17, 15) is 0 Å². The van der Waals surface area contributed by atoms with E-state index in [1.807, 2.05) is 0 Å². The summed E-state index contributed by atoms with van der Waals surface area (Å²) in [4.78, 5) is 0. The summed E-state index contributed by atoms with van der Waals surface area (Å²) >= 11 is 0. The van der Waals surface area contributed by atoms with Crippen LogP contribution in [0.25, 0.3) is 0 Å². The molecule has 0 radical (unpaired) electrons. The van der Waals surface area contributed by atoms with Crippen LogP contribution in [0.4, 0.5) is 0 Å². The summed E-state index contributed by atoms with van der Waals surface area (Å²) in [6, 6.07) is 0. The first-order valence-corrected chi connectivity index (χ1v) is 3.03. The summed E-state index contributed by atoms with van der Waals surface area (Å²) in [5.74, 6) is 0. The largest absolute Gasteiger partial charge is 2.00 e. The molecule has 0 unspecified atom stereocenters. The summed E-state index contributed by atoms with van der Waals surface area (Å²) < 4.78 is 0. The Morgan fingerprint density at radius 1 is 0.500 bits per heavy atom. The van der Waals surface area contributed by atoms with Crippen LogP contribution in [0.3, 0.4) is 0 Å². The van der Waals surface area contributed by atoms with Crippen LogP contribution in [0.5, 0.6) is 0 Å². The van der Waals surface area contributed by atoms with Gasteiger partial charge in [0.25, 0.3) is 0 Å². The van der Waals surface area contributed by atoms with Gasteiger partial charge in [0.05, 0.1) is 0 Å². The molecule has 0 aromatic rings. The third-order valence-electron chi connectivity index (χ3n) is 0. The molecule has 0 spiro atoms. The van der Waals surface area contributed by atoms with E-state index >= 15 is 0 Å². The standard InChI is InChI=1S/3BH3O3.BO3.Ca.K/c4*2-1(3)4;;/h3*2-4H;;;/q;;;-3;+2;+1. The minimum absolute atomic E-state index is 0. The van der Waals surface area contributed by atoms with Crippen LogP contribution in [0.15, 0.2) is 0 Å². The Morgan fingerprint density at radius 3 is 0.500 bits per heavy atom. The Bertz CT molecular complexity index is 67.1. The van der Waals surface area contributed by atoms with Crippen molar-refractivity contribution in [2.75, 3.05) is 0 Å². The molecule has 12 nitrogen and oxygen atoms in total. The van der Waals surface area contributed by atoms with Crippen LogP contribution < -0.4 is 66.5 Å². The third kappa shape index (κ3) is 815. The van der Waals surface area contributed by atoms with E-state index in [0.29, 0.717) is 0 Å². The van der Waals surface area contributed by atoms with Crippen LogP contribution in [-0.4, -0.2) is 112 Å². The predicted octanol–water partition coefficient (Wildman–Crippen LogP) is -13.5. The molecule has 0 aliphatic rings. The van der Waals surface area contributed by atoms with Gasteiger partial charge in [-0.3, -0.25) is 7.32 Å². The molecule has 0 aromatic carbocycles. The molecule has 0 aliphatic carbocycles. The molecule has 0 aromatic heterocycles. The quantitative estimate of drug-likeness (QED) is 0.188. The van der Waals surface area contributed by atoms with Gasteiger partial charge >= 0.3 is 111 Å². The van der Waals surface area contributed by atoms with Crippen molar-refractivity contribution in [1.29, 1.82) is 0 Å². The van der Waals surface area contributed by atoms with Crippen LogP contribution >= 0.6 is 0 Å². The van der Waals surface area contributed by atoms with E-state index in [4.69, 9.17) is 60.3 Å². The Balaban J connectivity index is -0.0000000257. The van der Waals surface area contributed by atoms with E-state index in [-0.39, 0.29) is 89.1 Å². The van der Waals surface area contributed by atoms with Gasteiger partial charge in [-0.05, 0) is 0 Å². The number of rotatable bonds is 0. The van der Waals surface area contributed by atoms with Crippen molar-refractivity contribution < 1.29 is 112 Å². The van der Waals surface area contributed by atoms with E-state index in [2.05, 4.69) is 0 Å². The van der Waals surface area contributed by atoms with Crippen molar-refractivity contribution in [3.05, 3.63) is 0 Å². The van der Waals surface area contributed by atoms with Gasteiger partial charge in [-0.25, -0.2) is 0 Å². The SMILES string of the molecule is OB(O)O.OB(O)O.OB(O)O.[Ca+2].[K+].[O-]B([O-])[O-]. The normalized spacial score (nSPS) is 6.00.